The van der Waals surface area contributed by atoms with E-state index in [2.05, 4.69) is 12.2 Å². The molecule has 0 aliphatic rings. The van der Waals surface area contributed by atoms with E-state index < -0.39 is 0 Å². The third-order valence-electron chi connectivity index (χ3n) is 6.17. The smallest absolute Gasteiger partial charge is 0.219 e. The van der Waals surface area contributed by atoms with Gasteiger partial charge < -0.3 is 10.4 Å². The zero-order valence-electron chi connectivity index (χ0n) is 19.8. The van der Waals surface area contributed by atoms with Gasteiger partial charge in [-0.15, -0.1) is 0 Å². The molecule has 1 atom stereocenters. The van der Waals surface area contributed by atoms with Crippen LogP contribution < -0.4 is 5.32 Å². The Hall–Kier alpha value is -1.51. The Morgan fingerprint density at radius 1 is 0.800 bits per heavy atom. The van der Waals surface area contributed by atoms with Crippen LogP contribution in [-0.2, 0) is 4.79 Å². The maximum Gasteiger partial charge on any atom is 0.219 e. The number of phenolic OH excluding ortho intramolecular Hbond substituents is 1. The molecule has 30 heavy (non-hydrogen) atoms. The van der Waals surface area contributed by atoms with Crippen LogP contribution in [0.1, 0.15) is 128 Å². The molecule has 172 valence electrons. The molecule has 0 saturated heterocycles. The maximum atomic E-state index is 11.5. The van der Waals surface area contributed by atoms with Gasteiger partial charge in [0, 0.05) is 13.0 Å². The van der Waals surface area contributed by atoms with Crippen molar-refractivity contribution in [3.8, 4) is 5.75 Å². The number of hydrogen-bond acceptors (Lipinski definition) is 2. The van der Waals surface area contributed by atoms with Crippen LogP contribution in [0.3, 0.4) is 0 Å². The topological polar surface area (TPSA) is 49.3 Å². The van der Waals surface area contributed by atoms with Gasteiger partial charge in [-0.2, -0.15) is 0 Å². The number of unbranched alkanes of at least 4 members (excludes halogenated alkanes) is 12. The number of carbonyl (C=O) groups is 1. The molecule has 1 unspecified atom stereocenters. The van der Waals surface area contributed by atoms with Crippen molar-refractivity contribution in [2.24, 2.45) is 0 Å². The summed E-state index contributed by atoms with van der Waals surface area (Å²) in [4.78, 5) is 11.5. The van der Waals surface area contributed by atoms with E-state index in [4.69, 9.17) is 0 Å². The average Bonchev–Trinajstić information content (AvgIpc) is 2.76. The molecule has 0 bridgehead atoms. The van der Waals surface area contributed by atoms with Gasteiger partial charge in [-0.25, -0.2) is 0 Å². The van der Waals surface area contributed by atoms with Crippen molar-refractivity contribution in [1.82, 2.24) is 5.32 Å². The molecule has 0 aliphatic heterocycles. The van der Waals surface area contributed by atoms with E-state index in [0.29, 0.717) is 24.6 Å². The number of rotatable bonds is 19. The zero-order valence-corrected chi connectivity index (χ0v) is 19.8. The first-order chi connectivity index (χ1) is 14.7. The normalized spacial score (nSPS) is 12.1. The summed E-state index contributed by atoms with van der Waals surface area (Å²) in [5.74, 6) is 0.807. The lowest BCUT2D eigenvalue weighted by Crippen LogP contribution is -2.24. The number of hydrogen-bond donors (Lipinski definition) is 2. The molecule has 0 fully saturated rings. The number of carbonyl (C=O) groups excluding carboxylic acids is 1. The fourth-order valence-electron chi connectivity index (χ4n) is 4.21. The molecule has 2 N–H and O–H groups in total. The van der Waals surface area contributed by atoms with E-state index in [1.165, 1.54) is 83.5 Å². The highest BCUT2D eigenvalue weighted by atomic mass is 16.3. The summed E-state index contributed by atoms with van der Waals surface area (Å²) in [5.41, 5.74) is 1.03. The molecule has 3 heteroatoms. The van der Waals surface area contributed by atoms with E-state index in [0.717, 1.165) is 18.4 Å². The summed E-state index contributed by atoms with van der Waals surface area (Å²) in [6.07, 6.45) is 20.2. The highest BCUT2D eigenvalue weighted by Crippen LogP contribution is 2.32. The van der Waals surface area contributed by atoms with Crippen molar-refractivity contribution in [3.63, 3.8) is 0 Å². The molecule has 0 aromatic heterocycles. The van der Waals surface area contributed by atoms with Crippen LogP contribution in [0.25, 0.3) is 0 Å². The maximum absolute atomic E-state index is 11.5. The third-order valence-corrected chi connectivity index (χ3v) is 6.17. The number of amides is 1. The molecule has 0 aliphatic carbocycles. The van der Waals surface area contributed by atoms with Crippen molar-refractivity contribution in [2.45, 2.75) is 122 Å². The minimum atomic E-state index is 0.104. The van der Waals surface area contributed by atoms with E-state index >= 15 is 0 Å². The Kier molecular flexibility index (Phi) is 16.2. The SMILES string of the molecule is CCCCCCCCCCCCCCCC(CCNC(=O)CC)c1ccccc1O. The van der Waals surface area contributed by atoms with E-state index in [-0.39, 0.29) is 5.91 Å². The highest BCUT2D eigenvalue weighted by Gasteiger charge is 2.15. The van der Waals surface area contributed by atoms with Crippen LogP contribution in [0.4, 0.5) is 0 Å². The van der Waals surface area contributed by atoms with Crippen LogP contribution in [0.5, 0.6) is 5.75 Å². The minimum Gasteiger partial charge on any atom is -0.508 e. The number of phenols is 1. The van der Waals surface area contributed by atoms with Crippen LogP contribution >= 0.6 is 0 Å². The van der Waals surface area contributed by atoms with Crippen molar-refractivity contribution in [2.75, 3.05) is 6.54 Å². The Labute approximate surface area is 186 Å². The Morgan fingerprint density at radius 2 is 1.33 bits per heavy atom. The number of aromatic hydroxyl groups is 1. The van der Waals surface area contributed by atoms with Gasteiger partial charge in [-0.1, -0.05) is 116 Å². The standard InChI is InChI=1S/C27H47NO2/c1-3-5-6-7-8-9-10-11-12-13-14-15-16-19-24(22-23-28-27(30)4-2)25-20-17-18-21-26(25)29/h17-18,20-21,24,29H,3-16,19,22-23H2,1-2H3,(H,28,30). The van der Waals surface area contributed by atoms with Gasteiger partial charge in [-0.3, -0.25) is 4.79 Å². The Morgan fingerprint density at radius 3 is 1.87 bits per heavy atom. The van der Waals surface area contributed by atoms with Crippen molar-refractivity contribution in [1.29, 1.82) is 0 Å². The van der Waals surface area contributed by atoms with Gasteiger partial charge in [0.1, 0.15) is 5.75 Å². The predicted octanol–water partition coefficient (Wildman–Crippen LogP) is 7.87. The second kappa shape index (κ2) is 18.3. The lowest BCUT2D eigenvalue weighted by molar-refractivity contribution is -0.120. The molecule has 1 amide bonds. The molecular weight excluding hydrogens is 370 g/mol. The number of nitrogens with one attached hydrogen (secondary N) is 1. The van der Waals surface area contributed by atoms with Crippen molar-refractivity contribution >= 4 is 5.91 Å². The summed E-state index contributed by atoms with van der Waals surface area (Å²) in [6, 6.07) is 7.68. The molecule has 0 spiro atoms. The Balaban J connectivity index is 2.16. The first-order valence-corrected chi connectivity index (χ1v) is 12.7. The van der Waals surface area contributed by atoms with Crippen LogP contribution in [-0.4, -0.2) is 17.6 Å². The molecule has 0 radical (unpaired) electrons. The lowest BCUT2D eigenvalue weighted by atomic mass is 9.89. The number of benzene rings is 1. The van der Waals surface area contributed by atoms with Gasteiger partial charge in [0.25, 0.3) is 0 Å². The molecule has 0 saturated carbocycles. The zero-order chi connectivity index (χ0) is 21.9. The van der Waals surface area contributed by atoms with E-state index in [1.54, 1.807) is 6.07 Å². The molecule has 3 nitrogen and oxygen atoms in total. The first kappa shape index (κ1) is 26.5. The summed E-state index contributed by atoms with van der Waals surface area (Å²) in [7, 11) is 0. The summed E-state index contributed by atoms with van der Waals surface area (Å²) in [5, 5.41) is 13.2. The fraction of sp³-hybridized carbons (Fsp3) is 0.741. The highest BCUT2D eigenvalue weighted by molar-refractivity contribution is 5.75. The second-order valence-electron chi connectivity index (χ2n) is 8.78. The number of para-hydroxylation sites is 1. The summed E-state index contributed by atoms with van der Waals surface area (Å²) < 4.78 is 0. The van der Waals surface area contributed by atoms with Crippen LogP contribution in [0.15, 0.2) is 24.3 Å². The van der Waals surface area contributed by atoms with Crippen molar-refractivity contribution in [3.05, 3.63) is 29.8 Å². The third kappa shape index (κ3) is 12.9. The lowest BCUT2D eigenvalue weighted by Gasteiger charge is -2.19. The van der Waals surface area contributed by atoms with Gasteiger partial charge in [0.2, 0.25) is 5.91 Å². The van der Waals surface area contributed by atoms with Crippen LogP contribution in [0, 0.1) is 0 Å². The van der Waals surface area contributed by atoms with E-state index in [9.17, 15) is 9.90 Å². The summed E-state index contributed by atoms with van der Waals surface area (Å²) >= 11 is 0. The fourth-order valence-corrected chi connectivity index (χ4v) is 4.21. The monoisotopic (exact) mass is 417 g/mol. The van der Waals surface area contributed by atoms with Gasteiger partial charge in [0.05, 0.1) is 0 Å². The van der Waals surface area contributed by atoms with Gasteiger partial charge in [0.15, 0.2) is 0 Å². The molecule has 1 aromatic carbocycles. The molecule has 1 aromatic rings. The largest absolute Gasteiger partial charge is 0.508 e. The van der Waals surface area contributed by atoms with Gasteiger partial charge >= 0.3 is 0 Å². The Bertz CT molecular complexity index is 543. The second-order valence-corrected chi connectivity index (χ2v) is 8.78. The predicted molar refractivity (Wildman–Crippen MR) is 129 cm³/mol. The molecular formula is C27H47NO2. The minimum absolute atomic E-state index is 0.104. The average molecular weight is 418 g/mol. The first-order valence-electron chi connectivity index (χ1n) is 12.7. The quantitative estimate of drug-likeness (QED) is 0.225. The molecule has 0 heterocycles. The van der Waals surface area contributed by atoms with Gasteiger partial charge in [-0.05, 0) is 30.4 Å². The molecule has 1 rings (SSSR count). The van der Waals surface area contributed by atoms with Crippen LogP contribution in [0.2, 0.25) is 0 Å². The van der Waals surface area contributed by atoms with E-state index in [1.807, 2.05) is 25.1 Å². The summed E-state index contributed by atoms with van der Waals surface area (Å²) in [6.45, 7) is 4.84. The van der Waals surface area contributed by atoms with Crippen molar-refractivity contribution < 1.29 is 9.90 Å².